The Kier molecular flexibility index (Phi) is 5.75. The van der Waals surface area contributed by atoms with Crippen LogP contribution in [0.15, 0.2) is 30.7 Å². The minimum absolute atomic E-state index is 0.0184. The molecule has 0 saturated carbocycles. The lowest BCUT2D eigenvalue weighted by Crippen LogP contribution is -2.37. The first-order valence-corrected chi connectivity index (χ1v) is 9.93. The number of anilines is 2. The smallest absolute Gasteiger partial charge is 0.261 e. The molecule has 0 spiro atoms. The van der Waals surface area contributed by atoms with E-state index in [2.05, 4.69) is 20.2 Å². The van der Waals surface area contributed by atoms with Crippen LogP contribution in [0, 0.1) is 5.82 Å². The van der Waals surface area contributed by atoms with Gasteiger partial charge in [-0.1, -0.05) is 0 Å². The molecule has 1 unspecified atom stereocenters. The van der Waals surface area contributed by atoms with Crippen molar-refractivity contribution in [2.75, 3.05) is 43.1 Å². The molecule has 2 aromatic rings. The summed E-state index contributed by atoms with van der Waals surface area (Å²) in [5.74, 6) is -0.438. The summed E-state index contributed by atoms with van der Waals surface area (Å²) in [5, 5.41) is 12.6. The number of carbonyl (C=O) groups excluding carboxylic acids is 1. The number of ether oxygens (including phenoxy) is 2. The van der Waals surface area contributed by atoms with Gasteiger partial charge in [-0.3, -0.25) is 4.79 Å². The van der Waals surface area contributed by atoms with E-state index in [1.165, 1.54) is 0 Å². The second kappa shape index (κ2) is 8.48. The van der Waals surface area contributed by atoms with E-state index in [1.54, 1.807) is 0 Å². The number of halogens is 1. The van der Waals surface area contributed by atoms with Gasteiger partial charge in [-0.25, -0.2) is 14.4 Å². The van der Waals surface area contributed by atoms with E-state index < -0.39 is 17.3 Å². The van der Waals surface area contributed by atoms with Gasteiger partial charge in [-0.05, 0) is 13.0 Å². The van der Waals surface area contributed by atoms with Crippen LogP contribution >= 0.6 is 0 Å². The lowest BCUT2D eigenvalue weighted by atomic mass is 9.99. The van der Waals surface area contributed by atoms with E-state index in [0.29, 0.717) is 44.2 Å². The number of fused-ring (bicyclic) bond motifs is 1. The Morgan fingerprint density at radius 3 is 2.71 bits per heavy atom. The molecule has 1 aromatic heterocycles. The van der Waals surface area contributed by atoms with Gasteiger partial charge in [0, 0.05) is 37.3 Å². The van der Waals surface area contributed by atoms with Crippen LogP contribution in [0.4, 0.5) is 15.8 Å². The van der Waals surface area contributed by atoms with Crippen molar-refractivity contribution in [3.05, 3.63) is 47.9 Å². The van der Waals surface area contributed by atoms with Gasteiger partial charge in [0.1, 0.15) is 11.4 Å². The van der Waals surface area contributed by atoms with Crippen LogP contribution in [0.25, 0.3) is 5.57 Å². The SMILES string of the molecule is CC1(CO)Cc2cc(NC(=O)C(=CN)c3ncc(F)cn3)c(N3CCOCC3)cc2O1. The molecule has 9 nitrogen and oxygen atoms in total. The molecule has 1 saturated heterocycles. The first-order valence-electron chi connectivity index (χ1n) is 9.93. The third-order valence-electron chi connectivity index (χ3n) is 5.31. The number of benzene rings is 1. The van der Waals surface area contributed by atoms with E-state index in [4.69, 9.17) is 15.2 Å². The van der Waals surface area contributed by atoms with Crippen LogP contribution in [0.3, 0.4) is 0 Å². The minimum Gasteiger partial charge on any atom is -0.484 e. The fourth-order valence-electron chi connectivity index (χ4n) is 3.70. The third kappa shape index (κ3) is 4.30. The predicted molar refractivity (Wildman–Crippen MR) is 112 cm³/mol. The quantitative estimate of drug-likeness (QED) is 0.604. The number of rotatable bonds is 5. The Labute approximate surface area is 178 Å². The summed E-state index contributed by atoms with van der Waals surface area (Å²) in [6, 6.07) is 3.72. The third-order valence-corrected chi connectivity index (χ3v) is 5.31. The number of hydrogen-bond acceptors (Lipinski definition) is 8. The molecule has 2 aliphatic rings. The Balaban J connectivity index is 1.67. The first-order chi connectivity index (χ1) is 14.9. The molecule has 0 bridgehead atoms. The van der Waals surface area contributed by atoms with Gasteiger partial charge >= 0.3 is 0 Å². The molecular formula is C21H24FN5O4. The summed E-state index contributed by atoms with van der Waals surface area (Å²) in [5.41, 5.74) is 7.17. The summed E-state index contributed by atoms with van der Waals surface area (Å²) >= 11 is 0. The van der Waals surface area contributed by atoms with Crippen LogP contribution in [-0.4, -0.2) is 59.5 Å². The molecule has 31 heavy (non-hydrogen) atoms. The highest BCUT2D eigenvalue weighted by molar-refractivity contribution is 6.24. The number of nitrogens with zero attached hydrogens (tertiary/aromatic N) is 3. The highest BCUT2D eigenvalue weighted by Gasteiger charge is 2.35. The standard InChI is InChI=1S/C21H24FN5O4/c1-21(12-28)8-13-6-16(17(7-18(13)31-21)27-2-4-30-5-3-27)26-20(29)15(9-23)19-24-10-14(22)11-25-19/h6-7,9-11,28H,2-5,8,12,23H2,1H3,(H,26,29). The number of nitrogens with one attached hydrogen (secondary N) is 1. The average Bonchev–Trinajstić information content (AvgIpc) is 3.11. The van der Waals surface area contributed by atoms with Crippen molar-refractivity contribution in [3.63, 3.8) is 0 Å². The van der Waals surface area contributed by atoms with E-state index in [0.717, 1.165) is 29.8 Å². The van der Waals surface area contributed by atoms with Gasteiger partial charge in [0.25, 0.3) is 5.91 Å². The van der Waals surface area contributed by atoms with E-state index in [9.17, 15) is 14.3 Å². The van der Waals surface area contributed by atoms with E-state index in [-0.39, 0.29) is 18.0 Å². The molecule has 2 aliphatic heterocycles. The number of carbonyl (C=O) groups is 1. The van der Waals surface area contributed by atoms with E-state index >= 15 is 0 Å². The zero-order valence-corrected chi connectivity index (χ0v) is 17.1. The Hall–Kier alpha value is -3.24. The lowest BCUT2D eigenvalue weighted by Gasteiger charge is -2.31. The molecular weight excluding hydrogens is 405 g/mol. The average molecular weight is 429 g/mol. The zero-order chi connectivity index (χ0) is 22.0. The van der Waals surface area contributed by atoms with Crippen molar-refractivity contribution in [1.29, 1.82) is 0 Å². The van der Waals surface area contributed by atoms with Crippen LogP contribution in [0.5, 0.6) is 5.75 Å². The summed E-state index contributed by atoms with van der Waals surface area (Å²) in [7, 11) is 0. The Morgan fingerprint density at radius 1 is 1.35 bits per heavy atom. The van der Waals surface area contributed by atoms with Crippen LogP contribution in [0.2, 0.25) is 0 Å². The second-order valence-electron chi connectivity index (χ2n) is 7.72. The fourth-order valence-corrected chi connectivity index (χ4v) is 3.70. The molecule has 1 amide bonds. The number of amides is 1. The number of aromatic nitrogens is 2. The maximum Gasteiger partial charge on any atom is 0.261 e. The summed E-state index contributed by atoms with van der Waals surface area (Å²) in [4.78, 5) is 22.8. The Bertz CT molecular complexity index is 1010. The van der Waals surface area contributed by atoms with Gasteiger partial charge in [-0.15, -0.1) is 0 Å². The highest BCUT2D eigenvalue weighted by Crippen LogP contribution is 2.42. The number of morpholine rings is 1. The van der Waals surface area contributed by atoms with Crippen molar-refractivity contribution in [1.82, 2.24) is 9.97 Å². The molecule has 1 atom stereocenters. The van der Waals surface area contributed by atoms with Crippen LogP contribution in [0.1, 0.15) is 18.3 Å². The molecule has 1 aromatic carbocycles. The van der Waals surface area contributed by atoms with Gasteiger partial charge < -0.3 is 30.5 Å². The highest BCUT2D eigenvalue weighted by atomic mass is 19.1. The van der Waals surface area contributed by atoms with Gasteiger partial charge in [0.15, 0.2) is 11.6 Å². The molecule has 1 fully saturated rings. The van der Waals surface area contributed by atoms with Crippen LogP contribution < -0.4 is 20.7 Å². The number of aliphatic hydroxyl groups is 1. The monoisotopic (exact) mass is 429 g/mol. The molecule has 3 heterocycles. The van der Waals surface area contributed by atoms with Crippen molar-refractivity contribution in [2.45, 2.75) is 18.9 Å². The second-order valence-corrected chi connectivity index (χ2v) is 7.72. The van der Waals surface area contributed by atoms with Crippen molar-refractivity contribution in [2.24, 2.45) is 5.73 Å². The number of aliphatic hydroxyl groups excluding tert-OH is 1. The molecule has 4 rings (SSSR count). The van der Waals surface area contributed by atoms with Crippen LogP contribution in [-0.2, 0) is 16.0 Å². The normalized spacial score (nSPS) is 20.9. The molecule has 164 valence electrons. The van der Waals surface area contributed by atoms with Crippen molar-refractivity contribution in [3.8, 4) is 5.75 Å². The summed E-state index contributed by atoms with van der Waals surface area (Å²) in [6.07, 6.45) is 3.55. The fraction of sp³-hybridized carbons (Fsp3) is 0.381. The number of nitrogens with two attached hydrogens (primary N) is 1. The maximum atomic E-state index is 13.2. The number of hydrogen-bond donors (Lipinski definition) is 3. The Morgan fingerprint density at radius 2 is 2.06 bits per heavy atom. The molecule has 10 heteroatoms. The van der Waals surface area contributed by atoms with Crippen molar-refractivity contribution >= 4 is 22.9 Å². The molecule has 4 N–H and O–H groups in total. The lowest BCUT2D eigenvalue weighted by molar-refractivity contribution is -0.111. The van der Waals surface area contributed by atoms with E-state index in [1.807, 2.05) is 19.1 Å². The van der Waals surface area contributed by atoms with Crippen molar-refractivity contribution < 1.29 is 23.8 Å². The van der Waals surface area contributed by atoms with Gasteiger partial charge in [-0.2, -0.15) is 0 Å². The summed E-state index contributed by atoms with van der Waals surface area (Å²) in [6.45, 7) is 4.15. The first kappa shape index (κ1) is 21.0. The largest absolute Gasteiger partial charge is 0.484 e. The minimum atomic E-state index is -0.711. The maximum absolute atomic E-state index is 13.2. The zero-order valence-electron chi connectivity index (χ0n) is 17.1. The molecule has 0 radical (unpaired) electrons. The van der Waals surface area contributed by atoms with Gasteiger partial charge in [0.2, 0.25) is 0 Å². The summed E-state index contributed by atoms with van der Waals surface area (Å²) < 4.78 is 24.6. The van der Waals surface area contributed by atoms with Gasteiger partial charge in [0.05, 0.1) is 49.2 Å². The topological polar surface area (TPSA) is 123 Å². The molecule has 0 aliphatic carbocycles. The predicted octanol–water partition coefficient (Wildman–Crippen LogP) is 1.08.